The molecule has 0 aliphatic rings. The highest BCUT2D eigenvalue weighted by Crippen LogP contribution is 2.29. The van der Waals surface area contributed by atoms with Gasteiger partial charge in [0.1, 0.15) is 0 Å². The van der Waals surface area contributed by atoms with Crippen LogP contribution in [0.4, 0.5) is 30.2 Å². The minimum Gasteiger partial charge on any atom is -0.326 e. The van der Waals surface area contributed by atoms with Crippen molar-refractivity contribution in [2.45, 2.75) is 13.1 Å². The average Bonchev–Trinajstić information content (AvgIpc) is 2.55. The summed E-state index contributed by atoms with van der Waals surface area (Å²) in [6.45, 7) is 1.35. The van der Waals surface area contributed by atoms with E-state index in [2.05, 4.69) is 16.0 Å². The normalized spacial score (nSPS) is 10.8. The predicted molar refractivity (Wildman–Crippen MR) is 89.4 cm³/mol. The van der Waals surface area contributed by atoms with Crippen LogP contribution in [0, 0.1) is 0 Å². The van der Waals surface area contributed by atoms with Crippen LogP contribution in [0.5, 0.6) is 0 Å². The monoisotopic (exact) mass is 365 g/mol. The van der Waals surface area contributed by atoms with Crippen LogP contribution in [0.2, 0.25) is 0 Å². The molecule has 26 heavy (non-hydrogen) atoms. The molecule has 0 saturated carbocycles. The summed E-state index contributed by atoms with van der Waals surface area (Å²) < 4.78 is 37.4. The van der Waals surface area contributed by atoms with Crippen LogP contribution in [0.1, 0.15) is 12.5 Å². The second kappa shape index (κ2) is 7.68. The van der Waals surface area contributed by atoms with Crippen molar-refractivity contribution in [3.05, 3.63) is 54.1 Å². The van der Waals surface area contributed by atoms with Gasteiger partial charge in [0.2, 0.25) is 5.91 Å². The van der Waals surface area contributed by atoms with E-state index in [9.17, 15) is 27.6 Å². The number of amides is 3. The van der Waals surface area contributed by atoms with Crippen molar-refractivity contribution in [1.29, 1.82) is 0 Å². The molecule has 3 amide bonds. The maximum atomic E-state index is 12.5. The summed E-state index contributed by atoms with van der Waals surface area (Å²) in [6, 6.07) is 9.73. The summed E-state index contributed by atoms with van der Waals surface area (Å²) in [5.41, 5.74) is 0.0229. The Hall–Kier alpha value is -3.36. The maximum Gasteiger partial charge on any atom is 0.416 e. The van der Waals surface area contributed by atoms with Crippen molar-refractivity contribution >= 4 is 34.8 Å². The van der Waals surface area contributed by atoms with Gasteiger partial charge in [0.05, 0.1) is 5.56 Å². The van der Waals surface area contributed by atoms with Gasteiger partial charge in [-0.05, 0) is 48.5 Å². The lowest BCUT2D eigenvalue weighted by Crippen LogP contribution is -2.29. The Balaban J connectivity index is 1.95. The quantitative estimate of drug-likeness (QED) is 0.730. The Kier molecular flexibility index (Phi) is 5.61. The lowest BCUT2D eigenvalue weighted by Gasteiger charge is -2.09. The van der Waals surface area contributed by atoms with E-state index in [1.807, 2.05) is 0 Å². The maximum absolute atomic E-state index is 12.5. The van der Waals surface area contributed by atoms with Crippen LogP contribution in [0.25, 0.3) is 0 Å². The van der Waals surface area contributed by atoms with Crippen molar-refractivity contribution in [3.63, 3.8) is 0 Å². The van der Waals surface area contributed by atoms with Crippen LogP contribution in [-0.2, 0) is 20.6 Å². The van der Waals surface area contributed by atoms with E-state index >= 15 is 0 Å². The molecule has 0 fully saturated rings. The number of benzene rings is 2. The summed E-state index contributed by atoms with van der Waals surface area (Å²) >= 11 is 0. The van der Waals surface area contributed by atoms with E-state index in [1.54, 1.807) is 0 Å². The topological polar surface area (TPSA) is 87.3 Å². The first-order valence-electron chi connectivity index (χ1n) is 7.32. The van der Waals surface area contributed by atoms with Crippen LogP contribution >= 0.6 is 0 Å². The first kappa shape index (κ1) is 19.0. The Bertz CT molecular complexity index is 816. The molecule has 0 aliphatic carbocycles. The van der Waals surface area contributed by atoms with E-state index in [0.717, 1.165) is 24.3 Å². The predicted octanol–water partition coefficient (Wildman–Crippen LogP) is 3.24. The number of hydrogen-bond acceptors (Lipinski definition) is 3. The Labute approximate surface area is 146 Å². The zero-order valence-corrected chi connectivity index (χ0v) is 13.5. The van der Waals surface area contributed by atoms with Crippen LogP contribution in [-0.4, -0.2) is 17.7 Å². The van der Waals surface area contributed by atoms with Gasteiger partial charge in [-0.15, -0.1) is 0 Å². The third-order valence-corrected chi connectivity index (χ3v) is 3.14. The molecule has 2 aromatic rings. The van der Waals surface area contributed by atoms with Gasteiger partial charge in [-0.1, -0.05) is 0 Å². The summed E-state index contributed by atoms with van der Waals surface area (Å²) in [5, 5.41) is 7.08. The van der Waals surface area contributed by atoms with Gasteiger partial charge in [0.15, 0.2) is 0 Å². The first-order chi connectivity index (χ1) is 12.1. The third-order valence-electron chi connectivity index (χ3n) is 3.14. The fraction of sp³-hybridized carbons (Fsp3) is 0.118. The van der Waals surface area contributed by atoms with Crippen molar-refractivity contribution in [2.75, 3.05) is 16.0 Å². The number of halogens is 3. The largest absolute Gasteiger partial charge is 0.416 e. The standard InChI is InChI=1S/C17H14F3N3O3/c1-10(24)21-12-6-8-14(9-7-12)23-16(26)15(25)22-13-4-2-11(3-5-13)17(18,19)20/h2-9H,1H3,(H,21,24)(H,22,25)(H,23,26). The van der Waals surface area contributed by atoms with Crippen LogP contribution in [0.15, 0.2) is 48.5 Å². The number of anilines is 3. The van der Waals surface area contributed by atoms with Crippen LogP contribution < -0.4 is 16.0 Å². The Morgan fingerprint density at radius 1 is 0.692 bits per heavy atom. The fourth-order valence-electron chi connectivity index (χ4n) is 1.96. The van der Waals surface area contributed by atoms with Crippen molar-refractivity contribution in [2.24, 2.45) is 0 Å². The smallest absolute Gasteiger partial charge is 0.326 e. The molecule has 0 bridgehead atoms. The molecule has 9 heteroatoms. The van der Waals surface area contributed by atoms with Gasteiger partial charge in [-0.3, -0.25) is 14.4 Å². The molecule has 3 N–H and O–H groups in total. The van der Waals surface area contributed by atoms with Gasteiger partial charge < -0.3 is 16.0 Å². The van der Waals surface area contributed by atoms with Gasteiger partial charge in [0, 0.05) is 24.0 Å². The molecule has 0 radical (unpaired) electrons. The molecule has 0 atom stereocenters. The number of hydrogen-bond donors (Lipinski definition) is 3. The van der Waals surface area contributed by atoms with E-state index < -0.39 is 23.6 Å². The lowest BCUT2D eigenvalue weighted by molar-refractivity contribution is -0.137. The molecule has 6 nitrogen and oxygen atoms in total. The number of rotatable bonds is 3. The van der Waals surface area contributed by atoms with Crippen molar-refractivity contribution in [1.82, 2.24) is 0 Å². The molecular weight excluding hydrogens is 351 g/mol. The summed E-state index contributed by atoms with van der Waals surface area (Å²) in [5.74, 6) is -2.27. The number of carbonyl (C=O) groups excluding carboxylic acids is 3. The summed E-state index contributed by atoms with van der Waals surface area (Å²) in [6.07, 6.45) is -4.48. The third kappa shape index (κ3) is 5.33. The second-order valence-electron chi connectivity index (χ2n) is 5.24. The van der Waals surface area contributed by atoms with E-state index in [0.29, 0.717) is 11.4 Å². The van der Waals surface area contributed by atoms with E-state index in [4.69, 9.17) is 0 Å². The van der Waals surface area contributed by atoms with Crippen molar-refractivity contribution < 1.29 is 27.6 Å². The van der Waals surface area contributed by atoms with Gasteiger partial charge >= 0.3 is 18.0 Å². The second-order valence-corrected chi connectivity index (χ2v) is 5.24. The highest BCUT2D eigenvalue weighted by Gasteiger charge is 2.30. The molecule has 136 valence electrons. The van der Waals surface area contributed by atoms with E-state index in [-0.39, 0.29) is 11.6 Å². The highest BCUT2D eigenvalue weighted by molar-refractivity contribution is 6.43. The SMILES string of the molecule is CC(=O)Nc1ccc(NC(=O)C(=O)Nc2ccc(C(F)(F)F)cc2)cc1. The fourth-order valence-corrected chi connectivity index (χ4v) is 1.96. The molecule has 0 aromatic heterocycles. The summed E-state index contributed by atoms with van der Waals surface area (Å²) in [7, 11) is 0. The van der Waals surface area contributed by atoms with Crippen LogP contribution in [0.3, 0.4) is 0 Å². The minimum atomic E-state index is -4.48. The molecular formula is C17H14F3N3O3. The summed E-state index contributed by atoms with van der Waals surface area (Å²) in [4.78, 5) is 34.6. The Morgan fingerprint density at radius 2 is 1.04 bits per heavy atom. The molecule has 0 aliphatic heterocycles. The van der Waals surface area contributed by atoms with Crippen molar-refractivity contribution in [3.8, 4) is 0 Å². The average molecular weight is 365 g/mol. The lowest BCUT2D eigenvalue weighted by atomic mass is 10.2. The zero-order valence-electron chi connectivity index (χ0n) is 13.5. The molecule has 0 heterocycles. The minimum absolute atomic E-state index is 0.0548. The first-order valence-corrected chi connectivity index (χ1v) is 7.32. The van der Waals surface area contributed by atoms with E-state index in [1.165, 1.54) is 31.2 Å². The molecule has 2 rings (SSSR count). The van der Waals surface area contributed by atoms with Gasteiger partial charge in [-0.2, -0.15) is 13.2 Å². The number of carbonyl (C=O) groups is 3. The molecule has 2 aromatic carbocycles. The zero-order chi connectivity index (χ0) is 19.3. The molecule has 0 saturated heterocycles. The Morgan fingerprint density at radius 3 is 1.38 bits per heavy atom. The number of alkyl halides is 3. The number of nitrogens with one attached hydrogen (secondary N) is 3. The molecule has 0 spiro atoms. The highest BCUT2D eigenvalue weighted by atomic mass is 19.4. The molecule has 0 unspecified atom stereocenters. The van der Waals surface area contributed by atoms with Gasteiger partial charge in [-0.25, -0.2) is 0 Å². The van der Waals surface area contributed by atoms with Gasteiger partial charge in [0.25, 0.3) is 0 Å².